The minimum atomic E-state index is 0. The van der Waals surface area contributed by atoms with Gasteiger partial charge in [-0.15, -0.1) is 12.4 Å². The first-order valence-electron chi connectivity index (χ1n) is 7.12. The molecule has 0 aromatic carbocycles. The average molecular weight is 301 g/mol. The monoisotopic (exact) mass is 300 g/mol. The first-order chi connectivity index (χ1) is 9.11. The van der Waals surface area contributed by atoms with Gasteiger partial charge in [0.2, 0.25) is 0 Å². The molecule has 0 bridgehead atoms. The van der Waals surface area contributed by atoms with Crippen LogP contribution in [0.15, 0.2) is 6.07 Å². The van der Waals surface area contributed by atoms with Crippen LogP contribution in [0.5, 0.6) is 0 Å². The van der Waals surface area contributed by atoms with Gasteiger partial charge in [-0.2, -0.15) is 5.10 Å². The summed E-state index contributed by atoms with van der Waals surface area (Å²) in [5.41, 5.74) is 1.59. The molecule has 1 aromatic heterocycles. The molecule has 1 N–H and O–H groups in total. The number of likely N-dealkylation sites (tertiary alicyclic amines) is 1. The largest absolute Gasteiger partial charge is 0.337 e. The van der Waals surface area contributed by atoms with Gasteiger partial charge in [0.05, 0.1) is 5.69 Å². The van der Waals surface area contributed by atoms with Crippen LogP contribution in [-0.2, 0) is 7.05 Å². The van der Waals surface area contributed by atoms with Gasteiger partial charge in [-0.25, -0.2) is 0 Å². The normalized spacial score (nSPS) is 16.1. The van der Waals surface area contributed by atoms with Crippen LogP contribution in [0.25, 0.3) is 0 Å². The van der Waals surface area contributed by atoms with E-state index in [0.717, 1.165) is 44.7 Å². The minimum absolute atomic E-state index is 0. The number of piperidine rings is 1. The van der Waals surface area contributed by atoms with Crippen molar-refractivity contribution in [2.24, 2.45) is 13.0 Å². The second-order valence-electron chi connectivity index (χ2n) is 5.34. The van der Waals surface area contributed by atoms with E-state index in [-0.39, 0.29) is 18.3 Å². The van der Waals surface area contributed by atoms with Crippen LogP contribution in [0.1, 0.15) is 35.9 Å². The van der Waals surface area contributed by atoms with E-state index in [1.165, 1.54) is 0 Å². The molecule has 114 valence electrons. The fraction of sp³-hybridized carbons (Fsp3) is 0.714. The smallest absolute Gasteiger partial charge is 0.272 e. The van der Waals surface area contributed by atoms with E-state index in [9.17, 15) is 4.79 Å². The highest BCUT2D eigenvalue weighted by Gasteiger charge is 2.25. The topological polar surface area (TPSA) is 50.2 Å². The van der Waals surface area contributed by atoms with Gasteiger partial charge in [0, 0.05) is 20.1 Å². The van der Waals surface area contributed by atoms with Gasteiger partial charge in [-0.3, -0.25) is 9.48 Å². The summed E-state index contributed by atoms with van der Waals surface area (Å²) in [7, 11) is 1.83. The molecule has 0 atom stereocenters. The first-order valence-corrected chi connectivity index (χ1v) is 7.12. The van der Waals surface area contributed by atoms with E-state index in [2.05, 4.69) is 17.3 Å². The lowest BCUT2D eigenvalue weighted by atomic mass is 9.96. The molecular formula is C14H25ClN4O. The Labute approximate surface area is 127 Å². The van der Waals surface area contributed by atoms with Crippen molar-refractivity contribution in [3.05, 3.63) is 17.5 Å². The molecule has 6 heteroatoms. The molecule has 1 aliphatic rings. The van der Waals surface area contributed by atoms with Crippen LogP contribution in [-0.4, -0.2) is 46.8 Å². The van der Waals surface area contributed by atoms with Gasteiger partial charge in [-0.05, 0) is 44.8 Å². The van der Waals surface area contributed by atoms with E-state index in [1.807, 2.05) is 24.9 Å². The molecule has 0 aliphatic carbocycles. The van der Waals surface area contributed by atoms with Crippen molar-refractivity contribution in [2.75, 3.05) is 26.2 Å². The minimum Gasteiger partial charge on any atom is -0.337 e. The summed E-state index contributed by atoms with van der Waals surface area (Å²) in [6.07, 6.45) is 2.19. The zero-order chi connectivity index (χ0) is 13.8. The standard InChI is InChI=1S/C14H24N4O.ClH/c1-4-15-10-12-5-7-18(8-6-12)14(19)13-9-11(2)16-17(13)3;/h9,12,15H,4-8,10H2,1-3H3;1H. The van der Waals surface area contributed by atoms with E-state index >= 15 is 0 Å². The van der Waals surface area contributed by atoms with E-state index < -0.39 is 0 Å². The Bertz CT molecular complexity index is 438. The summed E-state index contributed by atoms with van der Waals surface area (Å²) in [4.78, 5) is 14.4. The Kier molecular flexibility index (Phi) is 6.49. The molecule has 1 aliphatic heterocycles. The molecule has 20 heavy (non-hydrogen) atoms. The van der Waals surface area contributed by atoms with E-state index in [1.54, 1.807) is 4.68 Å². The SMILES string of the molecule is CCNCC1CCN(C(=O)c2cc(C)nn2C)CC1.Cl. The Hall–Kier alpha value is -1.07. The number of hydrogen-bond donors (Lipinski definition) is 1. The molecule has 0 spiro atoms. The maximum Gasteiger partial charge on any atom is 0.272 e. The van der Waals surface area contributed by atoms with Crippen molar-refractivity contribution >= 4 is 18.3 Å². The van der Waals surface area contributed by atoms with Gasteiger partial charge in [0.25, 0.3) is 5.91 Å². The predicted octanol–water partition coefficient (Wildman–Crippen LogP) is 1.61. The third-order valence-electron chi connectivity index (χ3n) is 3.81. The molecule has 2 rings (SSSR count). The van der Waals surface area contributed by atoms with Crippen molar-refractivity contribution in [1.29, 1.82) is 0 Å². The molecule has 1 fully saturated rings. The number of hydrogen-bond acceptors (Lipinski definition) is 3. The molecule has 0 saturated carbocycles. The molecule has 1 aromatic rings. The number of carbonyl (C=O) groups excluding carboxylic acids is 1. The van der Waals surface area contributed by atoms with Crippen LogP contribution in [0.3, 0.4) is 0 Å². The lowest BCUT2D eigenvalue weighted by molar-refractivity contribution is 0.0679. The maximum atomic E-state index is 12.4. The summed E-state index contributed by atoms with van der Waals surface area (Å²) in [6.45, 7) is 7.86. The van der Waals surface area contributed by atoms with Crippen LogP contribution >= 0.6 is 12.4 Å². The summed E-state index contributed by atoms with van der Waals surface area (Å²) in [6, 6.07) is 1.87. The number of nitrogens with one attached hydrogen (secondary N) is 1. The van der Waals surface area contributed by atoms with Crippen molar-refractivity contribution in [3.8, 4) is 0 Å². The second kappa shape index (κ2) is 7.64. The number of amides is 1. The van der Waals surface area contributed by atoms with Crippen molar-refractivity contribution in [2.45, 2.75) is 26.7 Å². The van der Waals surface area contributed by atoms with Crippen LogP contribution in [0, 0.1) is 12.8 Å². The van der Waals surface area contributed by atoms with Crippen LogP contribution in [0.2, 0.25) is 0 Å². The maximum absolute atomic E-state index is 12.4. The number of aromatic nitrogens is 2. The highest BCUT2D eigenvalue weighted by Crippen LogP contribution is 2.18. The fourth-order valence-electron chi connectivity index (χ4n) is 2.66. The van der Waals surface area contributed by atoms with Crippen LogP contribution in [0.4, 0.5) is 0 Å². The van der Waals surface area contributed by atoms with E-state index in [4.69, 9.17) is 0 Å². The van der Waals surface area contributed by atoms with E-state index in [0.29, 0.717) is 11.6 Å². The van der Waals surface area contributed by atoms with Gasteiger partial charge >= 0.3 is 0 Å². The van der Waals surface area contributed by atoms with Crippen LogP contribution < -0.4 is 5.32 Å². The zero-order valence-electron chi connectivity index (χ0n) is 12.6. The Morgan fingerprint density at radius 2 is 2.10 bits per heavy atom. The lowest BCUT2D eigenvalue weighted by Crippen LogP contribution is -2.41. The first kappa shape index (κ1) is 17.0. The highest BCUT2D eigenvalue weighted by molar-refractivity contribution is 5.92. The number of rotatable bonds is 4. The summed E-state index contributed by atoms with van der Waals surface area (Å²) >= 11 is 0. The Balaban J connectivity index is 0.00000200. The van der Waals surface area contributed by atoms with Crippen molar-refractivity contribution in [1.82, 2.24) is 20.0 Å². The molecule has 0 radical (unpaired) electrons. The zero-order valence-corrected chi connectivity index (χ0v) is 13.4. The summed E-state index contributed by atoms with van der Waals surface area (Å²) in [5.74, 6) is 0.822. The third kappa shape index (κ3) is 3.96. The molecule has 1 saturated heterocycles. The van der Waals surface area contributed by atoms with Crippen molar-refractivity contribution < 1.29 is 4.79 Å². The van der Waals surface area contributed by atoms with Gasteiger partial charge in [-0.1, -0.05) is 6.92 Å². The number of carbonyl (C=O) groups is 1. The predicted molar refractivity (Wildman–Crippen MR) is 82.4 cm³/mol. The van der Waals surface area contributed by atoms with Crippen molar-refractivity contribution in [3.63, 3.8) is 0 Å². The summed E-state index contributed by atoms with van der Waals surface area (Å²) in [5, 5.41) is 7.63. The molecule has 1 amide bonds. The number of nitrogens with zero attached hydrogens (tertiary/aromatic N) is 3. The second-order valence-corrected chi connectivity index (χ2v) is 5.34. The Morgan fingerprint density at radius 1 is 1.45 bits per heavy atom. The molecule has 0 unspecified atom stereocenters. The Morgan fingerprint density at radius 3 is 2.60 bits per heavy atom. The van der Waals surface area contributed by atoms with Gasteiger partial charge in [0.15, 0.2) is 0 Å². The third-order valence-corrected chi connectivity index (χ3v) is 3.81. The molecular weight excluding hydrogens is 276 g/mol. The summed E-state index contributed by atoms with van der Waals surface area (Å²) < 4.78 is 1.68. The lowest BCUT2D eigenvalue weighted by Gasteiger charge is -2.32. The average Bonchev–Trinajstić information content (AvgIpc) is 2.75. The quantitative estimate of drug-likeness (QED) is 0.919. The van der Waals surface area contributed by atoms with Gasteiger partial charge < -0.3 is 10.2 Å². The fourth-order valence-corrected chi connectivity index (χ4v) is 2.66. The number of aryl methyl sites for hydroxylation is 2. The highest BCUT2D eigenvalue weighted by atomic mass is 35.5. The molecule has 2 heterocycles. The number of halogens is 1. The van der Waals surface area contributed by atoms with Gasteiger partial charge in [0.1, 0.15) is 5.69 Å². The molecule has 5 nitrogen and oxygen atoms in total.